The Hall–Kier alpha value is -1.42. The first-order valence-corrected chi connectivity index (χ1v) is 7.72. The van der Waals surface area contributed by atoms with Crippen molar-refractivity contribution >= 4 is 21.7 Å². The number of hydrogen-bond acceptors (Lipinski definition) is 3. The van der Waals surface area contributed by atoms with Gasteiger partial charge in [-0.25, -0.2) is 9.97 Å². The number of benzene rings is 1. The second-order valence-electron chi connectivity index (χ2n) is 4.93. The van der Waals surface area contributed by atoms with Crippen LogP contribution in [0.3, 0.4) is 0 Å². The van der Waals surface area contributed by atoms with E-state index in [9.17, 15) is 0 Å². The van der Waals surface area contributed by atoms with Crippen molar-refractivity contribution in [2.45, 2.75) is 33.6 Å². The van der Waals surface area contributed by atoms with E-state index < -0.39 is 0 Å². The largest absolute Gasteiger partial charge is 0.370 e. The predicted octanol–water partition coefficient (Wildman–Crippen LogP) is 4.27. The highest BCUT2D eigenvalue weighted by atomic mass is 79.9. The lowest BCUT2D eigenvalue weighted by Gasteiger charge is -2.12. The number of aromatic nitrogens is 2. The summed E-state index contributed by atoms with van der Waals surface area (Å²) < 4.78 is 1.09. The van der Waals surface area contributed by atoms with Gasteiger partial charge >= 0.3 is 0 Å². The van der Waals surface area contributed by atoms with Gasteiger partial charge in [-0.05, 0) is 38.0 Å². The lowest BCUT2D eigenvalue weighted by atomic mass is 10.1. The fraction of sp³-hybridized carbons (Fsp3) is 0.375. The quantitative estimate of drug-likeness (QED) is 0.887. The van der Waals surface area contributed by atoms with Gasteiger partial charge in [-0.3, -0.25) is 0 Å². The minimum Gasteiger partial charge on any atom is -0.370 e. The van der Waals surface area contributed by atoms with Crippen LogP contribution in [-0.2, 0) is 6.42 Å². The second kappa shape index (κ2) is 6.84. The molecular formula is C16H20BrN3. The van der Waals surface area contributed by atoms with Crippen molar-refractivity contribution in [1.29, 1.82) is 0 Å². The summed E-state index contributed by atoms with van der Waals surface area (Å²) in [7, 11) is 0. The van der Waals surface area contributed by atoms with E-state index in [1.807, 2.05) is 19.1 Å². The number of rotatable bonds is 5. The van der Waals surface area contributed by atoms with Crippen molar-refractivity contribution < 1.29 is 0 Å². The number of aryl methyl sites for hydroxylation is 1. The number of nitrogens with zero attached hydrogens (tertiary/aromatic N) is 2. The van der Waals surface area contributed by atoms with Crippen molar-refractivity contribution in [3.63, 3.8) is 0 Å². The summed E-state index contributed by atoms with van der Waals surface area (Å²) in [4.78, 5) is 9.25. The second-order valence-corrected chi connectivity index (χ2v) is 5.84. The van der Waals surface area contributed by atoms with Gasteiger partial charge in [0.25, 0.3) is 0 Å². The molecule has 3 nitrogen and oxygen atoms in total. The molecule has 0 radical (unpaired) electrons. The molecule has 0 fully saturated rings. The minimum atomic E-state index is 0.759. The fourth-order valence-electron chi connectivity index (χ4n) is 1.97. The first-order valence-electron chi connectivity index (χ1n) is 6.92. The smallest absolute Gasteiger partial charge is 0.135 e. The van der Waals surface area contributed by atoms with Gasteiger partial charge in [0.2, 0.25) is 0 Å². The van der Waals surface area contributed by atoms with E-state index in [1.165, 1.54) is 5.56 Å². The Kier molecular flexibility index (Phi) is 5.12. The van der Waals surface area contributed by atoms with E-state index in [2.05, 4.69) is 57.2 Å². The molecule has 1 aromatic heterocycles. The van der Waals surface area contributed by atoms with Crippen molar-refractivity contribution in [3.8, 4) is 0 Å². The lowest BCUT2D eigenvalue weighted by Crippen LogP contribution is -2.09. The van der Waals surface area contributed by atoms with E-state index in [4.69, 9.17) is 0 Å². The van der Waals surface area contributed by atoms with Crippen LogP contribution >= 0.6 is 15.9 Å². The van der Waals surface area contributed by atoms with E-state index in [1.54, 1.807) is 0 Å². The SMILES string of the molecule is CCCNc1nc(Cc2ccc(Br)cc2)nc(C)c1C. The van der Waals surface area contributed by atoms with Crippen molar-refractivity contribution in [3.05, 3.63) is 51.4 Å². The molecule has 4 heteroatoms. The normalized spacial score (nSPS) is 10.6. The van der Waals surface area contributed by atoms with Gasteiger partial charge in [0.15, 0.2) is 0 Å². The van der Waals surface area contributed by atoms with Gasteiger partial charge in [-0.1, -0.05) is 35.0 Å². The highest BCUT2D eigenvalue weighted by molar-refractivity contribution is 9.10. The van der Waals surface area contributed by atoms with Crippen LogP contribution in [0.25, 0.3) is 0 Å². The molecule has 0 amide bonds. The molecule has 0 saturated heterocycles. The molecule has 2 aromatic rings. The summed E-state index contributed by atoms with van der Waals surface area (Å²) in [5, 5.41) is 3.38. The molecule has 106 valence electrons. The first-order chi connectivity index (χ1) is 9.60. The number of hydrogen-bond donors (Lipinski definition) is 1. The summed E-state index contributed by atoms with van der Waals surface area (Å²) in [6.07, 6.45) is 1.85. The molecule has 0 bridgehead atoms. The van der Waals surface area contributed by atoms with E-state index in [0.29, 0.717) is 0 Å². The van der Waals surface area contributed by atoms with Crippen LogP contribution in [0.15, 0.2) is 28.7 Å². The zero-order chi connectivity index (χ0) is 14.5. The summed E-state index contributed by atoms with van der Waals surface area (Å²) in [6, 6.07) is 8.29. The first kappa shape index (κ1) is 15.0. The number of halogens is 1. The van der Waals surface area contributed by atoms with Crippen LogP contribution in [0.2, 0.25) is 0 Å². The molecule has 0 atom stereocenters. The molecule has 0 saturated carbocycles. The van der Waals surface area contributed by atoms with E-state index in [-0.39, 0.29) is 0 Å². The Labute approximate surface area is 129 Å². The zero-order valence-corrected chi connectivity index (χ0v) is 13.8. The summed E-state index contributed by atoms with van der Waals surface area (Å²) in [5.74, 6) is 1.83. The van der Waals surface area contributed by atoms with Crippen LogP contribution in [0.5, 0.6) is 0 Å². The van der Waals surface area contributed by atoms with Crippen LogP contribution in [-0.4, -0.2) is 16.5 Å². The number of nitrogens with one attached hydrogen (secondary N) is 1. The Morgan fingerprint density at radius 2 is 1.80 bits per heavy atom. The molecule has 20 heavy (non-hydrogen) atoms. The summed E-state index contributed by atoms with van der Waals surface area (Å²) >= 11 is 3.45. The van der Waals surface area contributed by atoms with Gasteiger partial charge < -0.3 is 5.32 Å². The van der Waals surface area contributed by atoms with Crippen molar-refractivity contribution in [2.75, 3.05) is 11.9 Å². The topological polar surface area (TPSA) is 37.8 Å². The molecule has 0 aliphatic carbocycles. The van der Waals surface area contributed by atoms with Crippen molar-refractivity contribution in [1.82, 2.24) is 9.97 Å². The molecule has 1 N–H and O–H groups in total. The van der Waals surface area contributed by atoms with Gasteiger partial charge in [-0.15, -0.1) is 0 Å². The van der Waals surface area contributed by atoms with Gasteiger partial charge in [-0.2, -0.15) is 0 Å². The van der Waals surface area contributed by atoms with E-state index >= 15 is 0 Å². The molecule has 1 aromatic carbocycles. The van der Waals surface area contributed by atoms with Gasteiger partial charge in [0.05, 0.1) is 0 Å². The Morgan fingerprint density at radius 3 is 2.45 bits per heavy atom. The van der Waals surface area contributed by atoms with Crippen LogP contribution in [0.4, 0.5) is 5.82 Å². The fourth-order valence-corrected chi connectivity index (χ4v) is 2.23. The summed E-state index contributed by atoms with van der Waals surface area (Å²) in [5.41, 5.74) is 3.40. The molecule has 2 rings (SSSR count). The van der Waals surface area contributed by atoms with Crippen LogP contribution in [0.1, 0.15) is 36.0 Å². The number of anilines is 1. The molecular weight excluding hydrogens is 314 g/mol. The van der Waals surface area contributed by atoms with E-state index in [0.717, 1.165) is 46.8 Å². The van der Waals surface area contributed by atoms with Crippen LogP contribution < -0.4 is 5.32 Å². The molecule has 0 aliphatic rings. The average molecular weight is 334 g/mol. The Balaban J connectivity index is 2.23. The van der Waals surface area contributed by atoms with Gasteiger partial charge in [0.1, 0.15) is 11.6 Å². The molecule has 0 aliphatic heterocycles. The maximum absolute atomic E-state index is 4.65. The third-order valence-electron chi connectivity index (χ3n) is 3.25. The van der Waals surface area contributed by atoms with Gasteiger partial charge in [0, 0.05) is 28.7 Å². The van der Waals surface area contributed by atoms with Crippen molar-refractivity contribution in [2.24, 2.45) is 0 Å². The Bertz CT molecular complexity index is 579. The maximum atomic E-state index is 4.65. The lowest BCUT2D eigenvalue weighted by molar-refractivity contribution is 0.904. The average Bonchev–Trinajstić information content (AvgIpc) is 2.43. The molecule has 1 heterocycles. The highest BCUT2D eigenvalue weighted by Crippen LogP contribution is 2.17. The molecule has 0 spiro atoms. The predicted molar refractivity (Wildman–Crippen MR) is 87.2 cm³/mol. The third-order valence-corrected chi connectivity index (χ3v) is 3.78. The Morgan fingerprint density at radius 1 is 1.10 bits per heavy atom. The summed E-state index contributed by atoms with van der Waals surface area (Å²) in [6.45, 7) is 7.20. The van der Waals surface area contributed by atoms with Crippen LogP contribution in [0, 0.1) is 13.8 Å². The molecule has 0 unspecified atom stereocenters. The highest BCUT2D eigenvalue weighted by Gasteiger charge is 2.08. The third kappa shape index (κ3) is 3.79. The minimum absolute atomic E-state index is 0.759. The zero-order valence-electron chi connectivity index (χ0n) is 12.2. The monoisotopic (exact) mass is 333 g/mol. The maximum Gasteiger partial charge on any atom is 0.135 e. The standard InChI is InChI=1S/C16H20BrN3/c1-4-9-18-16-11(2)12(3)19-15(20-16)10-13-5-7-14(17)8-6-13/h5-8H,4,9-10H2,1-3H3,(H,18,19,20).